The molecule has 132 valence electrons. The van der Waals surface area contributed by atoms with E-state index >= 15 is 0 Å². The number of amides is 1. The molecule has 3 rings (SSSR count). The summed E-state index contributed by atoms with van der Waals surface area (Å²) in [4.78, 5) is 12.2. The number of aromatic hydroxyl groups is 1. The third-order valence-corrected chi connectivity index (χ3v) is 3.95. The highest BCUT2D eigenvalue weighted by atomic mass is 16.5. The number of hydrazone groups is 1. The molecule has 1 amide bonds. The summed E-state index contributed by atoms with van der Waals surface area (Å²) in [5.74, 6) is 0.565. The van der Waals surface area contributed by atoms with Crippen LogP contribution in [0.5, 0.6) is 17.2 Å². The average Bonchev–Trinajstić information content (AvgIpc) is 2.68. The Morgan fingerprint density at radius 1 is 1.00 bits per heavy atom. The summed E-state index contributed by atoms with van der Waals surface area (Å²) < 4.78 is 10.4. The maximum Gasteiger partial charge on any atom is 0.271 e. The van der Waals surface area contributed by atoms with Crippen LogP contribution in [0.25, 0.3) is 10.8 Å². The average molecular weight is 350 g/mol. The Hall–Kier alpha value is -3.54. The fourth-order valence-corrected chi connectivity index (χ4v) is 2.63. The molecular weight excluding hydrogens is 332 g/mol. The molecule has 26 heavy (non-hydrogen) atoms. The number of nitrogens with zero attached hydrogens (tertiary/aromatic N) is 1. The Morgan fingerprint density at radius 3 is 2.46 bits per heavy atom. The van der Waals surface area contributed by atoms with Crippen molar-refractivity contribution in [3.05, 3.63) is 65.7 Å². The number of hydrogen-bond donors (Lipinski definition) is 2. The predicted molar refractivity (Wildman–Crippen MR) is 100 cm³/mol. The van der Waals surface area contributed by atoms with Crippen LogP contribution in [0.3, 0.4) is 0 Å². The van der Waals surface area contributed by atoms with E-state index in [1.807, 2.05) is 36.4 Å². The molecule has 0 unspecified atom stereocenters. The number of hydrogen-bond acceptors (Lipinski definition) is 5. The van der Waals surface area contributed by atoms with Crippen LogP contribution in [0.4, 0.5) is 0 Å². The van der Waals surface area contributed by atoms with Crippen molar-refractivity contribution in [2.75, 3.05) is 14.2 Å². The zero-order chi connectivity index (χ0) is 18.5. The minimum atomic E-state index is -0.405. The van der Waals surface area contributed by atoms with Crippen molar-refractivity contribution in [3.63, 3.8) is 0 Å². The molecular formula is C20H18N2O4. The lowest BCUT2D eigenvalue weighted by Gasteiger charge is -2.08. The number of phenolic OH excluding ortho intramolecular Hbond substituents is 1. The van der Waals surface area contributed by atoms with E-state index in [0.717, 1.165) is 22.1 Å². The monoisotopic (exact) mass is 350 g/mol. The molecule has 0 fully saturated rings. The highest BCUT2D eigenvalue weighted by Crippen LogP contribution is 2.28. The van der Waals surface area contributed by atoms with Gasteiger partial charge in [0.1, 0.15) is 5.75 Å². The maximum absolute atomic E-state index is 12.2. The largest absolute Gasteiger partial charge is 0.504 e. The summed E-state index contributed by atoms with van der Waals surface area (Å²) in [6.45, 7) is 0. The molecule has 3 aromatic carbocycles. The fraction of sp³-hybridized carbons (Fsp3) is 0.100. The van der Waals surface area contributed by atoms with Crippen LogP contribution in [0, 0.1) is 0 Å². The Balaban J connectivity index is 1.81. The van der Waals surface area contributed by atoms with Gasteiger partial charge in [-0.3, -0.25) is 4.79 Å². The highest BCUT2D eigenvalue weighted by molar-refractivity contribution is 6.03. The minimum Gasteiger partial charge on any atom is -0.504 e. The number of nitrogens with one attached hydrogen (secondary N) is 1. The van der Waals surface area contributed by atoms with E-state index in [2.05, 4.69) is 10.5 Å². The van der Waals surface area contributed by atoms with E-state index < -0.39 is 5.91 Å². The zero-order valence-electron chi connectivity index (χ0n) is 14.4. The number of methoxy groups -OCH3 is 2. The molecule has 0 aliphatic carbocycles. The molecule has 0 bridgehead atoms. The molecule has 0 radical (unpaired) electrons. The van der Waals surface area contributed by atoms with Gasteiger partial charge in [-0.2, -0.15) is 5.10 Å². The molecule has 0 saturated heterocycles. The molecule has 3 aromatic rings. The normalized spacial score (nSPS) is 10.8. The van der Waals surface area contributed by atoms with Gasteiger partial charge in [0.15, 0.2) is 11.5 Å². The molecule has 6 heteroatoms. The van der Waals surface area contributed by atoms with E-state index in [1.54, 1.807) is 13.3 Å². The van der Waals surface area contributed by atoms with Gasteiger partial charge in [-0.15, -0.1) is 0 Å². The Labute approximate surface area is 150 Å². The standard InChI is InChI=1S/C20H18N2O4/c1-25-18-10-8-14(15-5-3-4-6-16(15)18)12-21-22-20(24)13-7-9-17(23)19(11-13)26-2/h3-12,23H,1-2H3,(H,22,24)/b21-12+. The third kappa shape index (κ3) is 3.44. The quantitative estimate of drug-likeness (QED) is 0.546. The highest BCUT2D eigenvalue weighted by Gasteiger charge is 2.09. The van der Waals surface area contributed by atoms with E-state index in [1.165, 1.54) is 25.3 Å². The van der Waals surface area contributed by atoms with E-state index in [9.17, 15) is 9.90 Å². The second-order valence-electron chi connectivity index (χ2n) is 5.49. The van der Waals surface area contributed by atoms with E-state index in [4.69, 9.17) is 9.47 Å². The van der Waals surface area contributed by atoms with Crippen LogP contribution in [-0.2, 0) is 0 Å². The summed E-state index contributed by atoms with van der Waals surface area (Å²) >= 11 is 0. The van der Waals surface area contributed by atoms with Crippen molar-refractivity contribution in [2.24, 2.45) is 5.10 Å². The van der Waals surface area contributed by atoms with Gasteiger partial charge in [0.25, 0.3) is 5.91 Å². The Kier molecular flexibility index (Phi) is 5.03. The summed E-state index contributed by atoms with van der Waals surface area (Å²) in [5.41, 5.74) is 3.66. The topological polar surface area (TPSA) is 80.2 Å². The molecule has 0 aliphatic heterocycles. The zero-order valence-corrected chi connectivity index (χ0v) is 14.4. The van der Waals surface area contributed by atoms with Gasteiger partial charge in [-0.05, 0) is 35.7 Å². The van der Waals surface area contributed by atoms with Crippen molar-refractivity contribution in [3.8, 4) is 17.2 Å². The number of ether oxygens (including phenoxy) is 2. The van der Waals surface area contributed by atoms with Gasteiger partial charge in [-0.25, -0.2) is 5.43 Å². The second kappa shape index (κ2) is 7.57. The predicted octanol–water partition coefficient (Wildman–Crippen LogP) is 3.33. The van der Waals surface area contributed by atoms with Crippen molar-refractivity contribution in [2.45, 2.75) is 0 Å². The first-order valence-corrected chi connectivity index (χ1v) is 7.90. The summed E-state index contributed by atoms with van der Waals surface area (Å²) in [6, 6.07) is 15.9. The summed E-state index contributed by atoms with van der Waals surface area (Å²) in [6.07, 6.45) is 1.58. The fourth-order valence-electron chi connectivity index (χ4n) is 2.63. The van der Waals surface area contributed by atoms with Crippen molar-refractivity contribution in [1.29, 1.82) is 0 Å². The van der Waals surface area contributed by atoms with Crippen molar-refractivity contribution < 1.29 is 19.4 Å². The number of phenols is 1. The van der Waals surface area contributed by atoms with Gasteiger partial charge in [0.05, 0.1) is 20.4 Å². The first kappa shape index (κ1) is 17.3. The Morgan fingerprint density at radius 2 is 1.73 bits per heavy atom. The maximum atomic E-state index is 12.2. The first-order valence-electron chi connectivity index (χ1n) is 7.90. The number of carbonyl (C=O) groups excluding carboxylic acids is 1. The minimum absolute atomic E-state index is 0.0303. The summed E-state index contributed by atoms with van der Waals surface area (Å²) in [5, 5.41) is 15.6. The SMILES string of the molecule is COc1cc(C(=O)N/N=C/c2ccc(OC)c3ccccc23)ccc1O. The number of rotatable bonds is 5. The molecule has 0 aromatic heterocycles. The lowest BCUT2D eigenvalue weighted by molar-refractivity contribution is 0.0954. The summed E-state index contributed by atoms with van der Waals surface area (Å²) in [7, 11) is 3.05. The number of fused-ring (bicyclic) bond motifs is 1. The number of benzene rings is 3. The van der Waals surface area contributed by atoms with Crippen LogP contribution in [-0.4, -0.2) is 31.4 Å². The Bertz CT molecular complexity index is 983. The molecule has 0 spiro atoms. The van der Waals surface area contributed by atoms with E-state index in [0.29, 0.717) is 5.56 Å². The van der Waals surface area contributed by atoms with Crippen LogP contribution in [0.2, 0.25) is 0 Å². The van der Waals surface area contributed by atoms with Gasteiger partial charge in [-0.1, -0.05) is 24.3 Å². The molecule has 0 aliphatic rings. The van der Waals surface area contributed by atoms with Gasteiger partial charge in [0, 0.05) is 16.5 Å². The first-order chi connectivity index (χ1) is 12.6. The molecule has 2 N–H and O–H groups in total. The van der Waals surface area contributed by atoms with Gasteiger partial charge >= 0.3 is 0 Å². The number of carbonyl (C=O) groups is 1. The van der Waals surface area contributed by atoms with Crippen molar-refractivity contribution >= 4 is 22.9 Å². The van der Waals surface area contributed by atoms with Crippen LogP contribution in [0.15, 0.2) is 59.7 Å². The second-order valence-corrected chi connectivity index (χ2v) is 5.49. The van der Waals surface area contributed by atoms with Crippen molar-refractivity contribution in [1.82, 2.24) is 5.43 Å². The van der Waals surface area contributed by atoms with Crippen LogP contribution >= 0.6 is 0 Å². The molecule has 0 atom stereocenters. The third-order valence-electron chi connectivity index (χ3n) is 3.95. The lowest BCUT2D eigenvalue weighted by Crippen LogP contribution is -2.17. The smallest absolute Gasteiger partial charge is 0.271 e. The van der Waals surface area contributed by atoms with Gasteiger partial charge in [0.2, 0.25) is 0 Å². The van der Waals surface area contributed by atoms with Gasteiger partial charge < -0.3 is 14.6 Å². The van der Waals surface area contributed by atoms with Crippen LogP contribution < -0.4 is 14.9 Å². The molecule has 6 nitrogen and oxygen atoms in total. The van der Waals surface area contributed by atoms with Crippen LogP contribution in [0.1, 0.15) is 15.9 Å². The molecule has 0 heterocycles. The molecule has 0 saturated carbocycles. The lowest BCUT2D eigenvalue weighted by atomic mass is 10.0. The van der Waals surface area contributed by atoms with E-state index in [-0.39, 0.29) is 11.5 Å².